The van der Waals surface area contributed by atoms with E-state index < -0.39 is 57.6 Å². The summed E-state index contributed by atoms with van der Waals surface area (Å²) in [7, 11) is -4.78. The van der Waals surface area contributed by atoms with Crippen LogP contribution in [-0.4, -0.2) is 64.9 Å². The molecule has 0 aromatic rings. The highest BCUT2D eigenvalue weighted by atomic mass is 31.2. The molecule has 11 nitrogen and oxygen atoms in total. The first kappa shape index (κ1) is 67.9. The minimum absolute atomic E-state index is 0.113. The number of carbonyl (C=O) groups excluding carboxylic acids is 2. The minimum atomic E-state index is -4.78. The Morgan fingerprint density at radius 1 is 0.465 bits per heavy atom. The number of aliphatic hydroxyl groups excluding tert-OH is 1. The smallest absolute Gasteiger partial charge is 0.472 e. The SMILES string of the molecule is CC/C=C\C/C=C\C/C=C\C/C=C\C/C=C\C/C=C\CCCCCCC(=O)NC(COP(=O)(O)OCC(O)COC(=O)CCCCCCCCCCCCCCCCCCCCCCCCCC)C(=O)O. The number of hydrogen-bond donors (Lipinski definition) is 4. The van der Waals surface area contributed by atoms with Crippen molar-refractivity contribution in [2.24, 2.45) is 0 Å². The number of carboxylic acid groups (broad SMARTS) is 1. The molecule has 0 aromatic carbocycles. The third-order valence-electron chi connectivity index (χ3n) is 12.3. The topological polar surface area (TPSA) is 169 Å². The zero-order chi connectivity index (χ0) is 52.0. The van der Waals surface area contributed by atoms with Gasteiger partial charge in [-0.05, 0) is 64.2 Å². The first-order valence-corrected chi connectivity index (χ1v) is 30.0. The molecule has 4 N–H and O–H groups in total. The molecule has 0 saturated carbocycles. The summed E-state index contributed by atoms with van der Waals surface area (Å²) in [6.07, 6.45) is 66.5. The molecular weight excluding hydrogens is 914 g/mol. The van der Waals surface area contributed by atoms with Gasteiger partial charge in [0.15, 0.2) is 6.04 Å². The zero-order valence-electron chi connectivity index (χ0n) is 45.0. The van der Waals surface area contributed by atoms with Gasteiger partial charge in [0, 0.05) is 12.8 Å². The molecule has 0 radical (unpaired) electrons. The lowest BCUT2D eigenvalue weighted by atomic mass is 10.0. The molecule has 410 valence electrons. The van der Waals surface area contributed by atoms with Crippen molar-refractivity contribution in [2.45, 2.75) is 264 Å². The largest absolute Gasteiger partial charge is 0.480 e. The van der Waals surface area contributed by atoms with Gasteiger partial charge in [-0.1, -0.05) is 247 Å². The Kier molecular flexibility index (Phi) is 50.9. The van der Waals surface area contributed by atoms with Gasteiger partial charge < -0.3 is 25.2 Å². The van der Waals surface area contributed by atoms with E-state index in [1.54, 1.807) is 0 Å². The molecule has 0 aromatic heterocycles. The Bertz CT molecular complexity index is 1470. The normalized spacial score (nSPS) is 14.0. The van der Waals surface area contributed by atoms with E-state index in [1.807, 2.05) is 0 Å². The van der Waals surface area contributed by atoms with Crippen LogP contribution in [0, 0.1) is 0 Å². The number of aliphatic carboxylic acids is 1. The Balaban J connectivity index is 3.82. The maximum absolute atomic E-state index is 12.4. The fourth-order valence-electron chi connectivity index (χ4n) is 7.91. The Hall–Kier alpha value is -3.08. The first-order chi connectivity index (χ1) is 34.6. The van der Waals surface area contributed by atoms with Crippen molar-refractivity contribution in [1.29, 1.82) is 0 Å². The third kappa shape index (κ3) is 53.0. The number of aliphatic hydroxyl groups is 1. The van der Waals surface area contributed by atoms with Crippen LogP contribution in [-0.2, 0) is 32.7 Å². The van der Waals surface area contributed by atoms with E-state index in [0.29, 0.717) is 12.8 Å². The molecule has 0 aliphatic heterocycles. The molecule has 0 heterocycles. The monoisotopic (exact) mass is 1020 g/mol. The summed E-state index contributed by atoms with van der Waals surface area (Å²) < 4.78 is 27.0. The molecule has 3 unspecified atom stereocenters. The van der Waals surface area contributed by atoms with Crippen LogP contribution in [0.3, 0.4) is 0 Å². The number of allylic oxidation sites excluding steroid dienone is 12. The highest BCUT2D eigenvalue weighted by molar-refractivity contribution is 7.47. The number of rotatable bonds is 53. The first-order valence-electron chi connectivity index (χ1n) is 28.5. The van der Waals surface area contributed by atoms with Gasteiger partial charge in [0.2, 0.25) is 5.91 Å². The van der Waals surface area contributed by atoms with Gasteiger partial charge in [-0.25, -0.2) is 9.36 Å². The van der Waals surface area contributed by atoms with Crippen molar-refractivity contribution in [3.8, 4) is 0 Å². The maximum Gasteiger partial charge on any atom is 0.472 e. The van der Waals surface area contributed by atoms with Crippen LogP contribution in [0.5, 0.6) is 0 Å². The molecule has 1 amide bonds. The van der Waals surface area contributed by atoms with Crippen molar-refractivity contribution >= 4 is 25.7 Å². The number of carboxylic acids is 1. The molecule has 0 spiro atoms. The Morgan fingerprint density at radius 2 is 0.817 bits per heavy atom. The second-order valence-electron chi connectivity index (χ2n) is 19.1. The quantitative estimate of drug-likeness (QED) is 0.0199. The number of carbonyl (C=O) groups is 3. The van der Waals surface area contributed by atoms with Crippen molar-refractivity contribution in [3.05, 3.63) is 72.9 Å². The number of nitrogens with one attached hydrogen (secondary N) is 1. The second-order valence-corrected chi connectivity index (χ2v) is 20.6. The fraction of sp³-hybridized carbons (Fsp3) is 0.746. The number of ether oxygens (including phenoxy) is 1. The van der Waals surface area contributed by atoms with Gasteiger partial charge >= 0.3 is 19.8 Å². The van der Waals surface area contributed by atoms with Crippen molar-refractivity contribution in [1.82, 2.24) is 5.32 Å². The van der Waals surface area contributed by atoms with Gasteiger partial charge in [-0.15, -0.1) is 0 Å². The number of phosphoric acid groups is 1. The molecule has 12 heteroatoms. The van der Waals surface area contributed by atoms with Crippen LogP contribution < -0.4 is 5.32 Å². The summed E-state index contributed by atoms with van der Waals surface area (Å²) in [6.45, 7) is 2.51. The lowest BCUT2D eigenvalue weighted by molar-refractivity contribution is -0.147. The van der Waals surface area contributed by atoms with E-state index in [4.69, 9.17) is 13.8 Å². The van der Waals surface area contributed by atoms with Crippen LogP contribution in [0.25, 0.3) is 0 Å². The lowest BCUT2D eigenvalue weighted by Crippen LogP contribution is -2.43. The molecule has 0 aliphatic rings. The zero-order valence-corrected chi connectivity index (χ0v) is 45.9. The minimum Gasteiger partial charge on any atom is -0.480 e. The van der Waals surface area contributed by atoms with E-state index in [0.717, 1.165) is 83.5 Å². The number of esters is 1. The van der Waals surface area contributed by atoms with Crippen LogP contribution in [0.15, 0.2) is 72.9 Å². The molecule has 0 fully saturated rings. The van der Waals surface area contributed by atoms with E-state index in [-0.39, 0.29) is 12.8 Å². The van der Waals surface area contributed by atoms with Gasteiger partial charge in [0.25, 0.3) is 0 Å². The predicted molar refractivity (Wildman–Crippen MR) is 295 cm³/mol. The number of unbranched alkanes of at least 4 members (excludes halogenated alkanes) is 27. The van der Waals surface area contributed by atoms with Crippen LogP contribution in [0.4, 0.5) is 0 Å². The van der Waals surface area contributed by atoms with Crippen LogP contribution >= 0.6 is 7.82 Å². The summed E-state index contributed by atoms with van der Waals surface area (Å²) in [5.74, 6) is -2.40. The maximum atomic E-state index is 12.4. The van der Waals surface area contributed by atoms with Crippen molar-refractivity contribution in [3.63, 3.8) is 0 Å². The number of hydrogen-bond acceptors (Lipinski definition) is 8. The molecule has 0 saturated heterocycles. The van der Waals surface area contributed by atoms with Crippen LogP contribution in [0.1, 0.15) is 251 Å². The summed E-state index contributed by atoms with van der Waals surface area (Å²) >= 11 is 0. The van der Waals surface area contributed by atoms with Crippen LogP contribution in [0.2, 0.25) is 0 Å². The molecule has 0 aliphatic carbocycles. The van der Waals surface area contributed by atoms with Crippen molar-refractivity contribution in [2.75, 3.05) is 19.8 Å². The van der Waals surface area contributed by atoms with Gasteiger partial charge in [-0.2, -0.15) is 0 Å². The summed E-state index contributed by atoms with van der Waals surface area (Å²) in [6, 6.07) is -1.57. The summed E-state index contributed by atoms with van der Waals surface area (Å²) in [5, 5.41) is 22.0. The summed E-state index contributed by atoms with van der Waals surface area (Å²) in [5.41, 5.74) is 0. The molecule has 3 atom stereocenters. The summed E-state index contributed by atoms with van der Waals surface area (Å²) in [4.78, 5) is 46.2. The van der Waals surface area contributed by atoms with E-state index >= 15 is 0 Å². The molecule has 0 bridgehead atoms. The van der Waals surface area contributed by atoms with Gasteiger partial charge in [0.05, 0.1) is 13.2 Å². The lowest BCUT2D eigenvalue weighted by Gasteiger charge is -2.18. The molecule has 0 rings (SSSR count). The van der Waals surface area contributed by atoms with E-state index in [1.165, 1.54) is 128 Å². The van der Waals surface area contributed by atoms with Gasteiger partial charge in [0.1, 0.15) is 12.7 Å². The Morgan fingerprint density at radius 3 is 1.23 bits per heavy atom. The molecular formula is C59H104NO10P. The number of amides is 1. The average molecular weight is 1020 g/mol. The van der Waals surface area contributed by atoms with Crippen molar-refractivity contribution < 1.29 is 47.8 Å². The van der Waals surface area contributed by atoms with E-state index in [9.17, 15) is 34.1 Å². The number of phosphoric ester groups is 1. The highest BCUT2D eigenvalue weighted by Gasteiger charge is 2.28. The standard InChI is InChI=1S/C59H104NO10P/c1-3-5-7-9-11-13-15-17-19-21-23-25-27-29-31-33-35-37-39-41-43-45-47-49-51-58(63)68-52-55(61)53-69-71(66,67)70-54-56(59(64)65)60-57(62)50-48-46-44-42-40-38-36-34-32-30-28-26-24-22-20-18-16-14-12-10-8-6-4-2/h6,8,12,14,18,20,24,26,30,32,36,38,55-56,61H,3-5,7,9-11,13,15-17,19,21-23,25,27-29,31,33-35,37,39-54H2,1-2H3,(H,60,62)(H,64,65)(H,66,67)/b8-6-,14-12-,20-18-,26-24-,32-30-,38-36-. The third-order valence-corrected chi connectivity index (χ3v) is 13.2. The predicted octanol–water partition coefficient (Wildman–Crippen LogP) is 16.4. The Labute approximate surface area is 433 Å². The van der Waals surface area contributed by atoms with Gasteiger partial charge in [-0.3, -0.25) is 18.6 Å². The highest BCUT2D eigenvalue weighted by Crippen LogP contribution is 2.43. The fourth-order valence-corrected chi connectivity index (χ4v) is 8.68. The average Bonchev–Trinajstić information content (AvgIpc) is 3.35. The molecule has 71 heavy (non-hydrogen) atoms. The van der Waals surface area contributed by atoms with E-state index in [2.05, 4.69) is 92.1 Å². The second kappa shape index (κ2) is 53.2.